The zero-order valence-corrected chi connectivity index (χ0v) is 11.2. The summed E-state index contributed by atoms with van der Waals surface area (Å²) >= 11 is 3.33. The standard InChI is InChI=1S/C12H15BrN2O/c1-12(2,8-16)15(3)11-5-4-10(13)6-9(11)7-14/h4-6,16H,8H2,1-3H3. The van der Waals surface area contributed by atoms with Gasteiger partial charge in [-0.25, -0.2) is 0 Å². The Morgan fingerprint density at radius 3 is 2.62 bits per heavy atom. The molecule has 0 aliphatic carbocycles. The molecule has 0 fully saturated rings. The Bertz CT molecular complexity index is 424. The number of anilines is 1. The fraction of sp³-hybridized carbons (Fsp3) is 0.417. The van der Waals surface area contributed by atoms with Crippen molar-refractivity contribution in [1.82, 2.24) is 0 Å². The molecule has 0 heterocycles. The first kappa shape index (κ1) is 13.0. The minimum Gasteiger partial charge on any atom is -0.394 e. The smallest absolute Gasteiger partial charge is 0.101 e. The molecular formula is C12H15BrN2O. The Morgan fingerprint density at radius 1 is 1.50 bits per heavy atom. The highest BCUT2D eigenvalue weighted by atomic mass is 79.9. The van der Waals surface area contributed by atoms with Crippen LogP contribution in [0.25, 0.3) is 0 Å². The largest absolute Gasteiger partial charge is 0.394 e. The van der Waals surface area contributed by atoms with E-state index in [1.807, 2.05) is 37.9 Å². The predicted octanol–water partition coefficient (Wildman–Crippen LogP) is 2.53. The number of halogens is 1. The minimum atomic E-state index is -0.389. The van der Waals surface area contributed by atoms with E-state index in [1.165, 1.54) is 0 Å². The first-order chi connectivity index (χ1) is 7.42. The Balaban J connectivity index is 3.19. The highest BCUT2D eigenvalue weighted by Crippen LogP contribution is 2.27. The zero-order chi connectivity index (χ0) is 12.3. The molecule has 0 unspecified atom stereocenters. The minimum absolute atomic E-state index is 0.0322. The van der Waals surface area contributed by atoms with E-state index >= 15 is 0 Å². The van der Waals surface area contributed by atoms with Crippen molar-refractivity contribution in [3.8, 4) is 6.07 Å². The molecule has 0 spiro atoms. The lowest BCUT2D eigenvalue weighted by Crippen LogP contribution is -2.44. The molecule has 16 heavy (non-hydrogen) atoms. The number of hydrogen-bond donors (Lipinski definition) is 1. The predicted molar refractivity (Wildman–Crippen MR) is 68.4 cm³/mol. The Hall–Kier alpha value is -1.05. The van der Waals surface area contributed by atoms with E-state index in [0.29, 0.717) is 5.56 Å². The molecule has 0 aliphatic heterocycles. The maximum atomic E-state index is 9.31. The Morgan fingerprint density at radius 2 is 2.12 bits per heavy atom. The summed E-state index contributed by atoms with van der Waals surface area (Å²) < 4.78 is 0.878. The van der Waals surface area contributed by atoms with Crippen molar-refractivity contribution in [3.63, 3.8) is 0 Å². The monoisotopic (exact) mass is 282 g/mol. The summed E-state index contributed by atoms with van der Waals surface area (Å²) in [6.07, 6.45) is 0. The van der Waals surface area contributed by atoms with E-state index in [0.717, 1.165) is 10.2 Å². The highest BCUT2D eigenvalue weighted by Gasteiger charge is 2.24. The summed E-state index contributed by atoms with van der Waals surface area (Å²) in [7, 11) is 1.88. The van der Waals surface area contributed by atoms with Crippen LogP contribution in [0, 0.1) is 11.3 Å². The number of hydrogen-bond acceptors (Lipinski definition) is 3. The fourth-order valence-corrected chi connectivity index (χ4v) is 1.68. The molecule has 3 nitrogen and oxygen atoms in total. The topological polar surface area (TPSA) is 47.3 Å². The highest BCUT2D eigenvalue weighted by molar-refractivity contribution is 9.10. The molecule has 0 radical (unpaired) electrons. The van der Waals surface area contributed by atoms with Gasteiger partial charge in [-0.1, -0.05) is 15.9 Å². The van der Waals surface area contributed by atoms with Gasteiger partial charge in [0.15, 0.2) is 0 Å². The van der Waals surface area contributed by atoms with Crippen molar-refractivity contribution < 1.29 is 5.11 Å². The van der Waals surface area contributed by atoms with Crippen molar-refractivity contribution >= 4 is 21.6 Å². The van der Waals surface area contributed by atoms with E-state index < -0.39 is 0 Å². The number of nitriles is 1. The van der Waals surface area contributed by atoms with Gasteiger partial charge in [0.05, 0.1) is 23.4 Å². The first-order valence-corrected chi connectivity index (χ1v) is 5.76. The van der Waals surface area contributed by atoms with Crippen LogP contribution in [0.4, 0.5) is 5.69 Å². The van der Waals surface area contributed by atoms with E-state index in [4.69, 9.17) is 5.26 Å². The number of benzene rings is 1. The molecule has 0 amide bonds. The van der Waals surface area contributed by atoms with Gasteiger partial charge < -0.3 is 10.0 Å². The van der Waals surface area contributed by atoms with Crippen LogP contribution >= 0.6 is 15.9 Å². The third-order valence-electron chi connectivity index (χ3n) is 2.74. The molecular weight excluding hydrogens is 268 g/mol. The second-order valence-corrected chi connectivity index (χ2v) is 5.22. The SMILES string of the molecule is CN(c1ccc(Br)cc1C#N)C(C)(C)CO. The second kappa shape index (κ2) is 4.86. The Labute approximate surface area is 104 Å². The molecule has 1 N–H and O–H groups in total. The van der Waals surface area contributed by atoms with E-state index in [9.17, 15) is 5.11 Å². The lowest BCUT2D eigenvalue weighted by atomic mass is 10.0. The molecule has 1 aromatic carbocycles. The fourth-order valence-electron chi connectivity index (χ4n) is 1.32. The van der Waals surface area contributed by atoms with Gasteiger partial charge in [0, 0.05) is 11.5 Å². The maximum absolute atomic E-state index is 9.31. The number of nitrogens with zero attached hydrogens (tertiary/aromatic N) is 2. The molecule has 0 bridgehead atoms. The molecule has 0 saturated heterocycles. The van der Waals surface area contributed by atoms with Crippen molar-refractivity contribution in [2.75, 3.05) is 18.6 Å². The molecule has 0 saturated carbocycles. The van der Waals surface area contributed by atoms with Crippen LogP contribution in [0.1, 0.15) is 19.4 Å². The number of aliphatic hydroxyl groups is 1. The molecule has 1 rings (SSSR count). The summed E-state index contributed by atoms with van der Waals surface area (Å²) in [4.78, 5) is 1.91. The molecule has 0 atom stereocenters. The van der Waals surface area contributed by atoms with Crippen molar-refractivity contribution in [2.24, 2.45) is 0 Å². The summed E-state index contributed by atoms with van der Waals surface area (Å²) in [6, 6.07) is 7.70. The summed E-state index contributed by atoms with van der Waals surface area (Å²) in [5, 5.41) is 18.4. The van der Waals surface area contributed by atoms with Crippen LogP contribution in [0.3, 0.4) is 0 Å². The molecule has 1 aromatic rings. The van der Waals surface area contributed by atoms with Crippen LogP contribution in [0.2, 0.25) is 0 Å². The molecule has 0 aromatic heterocycles. The van der Waals surface area contributed by atoms with E-state index in [2.05, 4.69) is 22.0 Å². The molecule has 0 aliphatic rings. The van der Waals surface area contributed by atoms with Gasteiger partial charge in [-0.3, -0.25) is 0 Å². The van der Waals surface area contributed by atoms with Gasteiger partial charge in [-0.2, -0.15) is 5.26 Å². The van der Waals surface area contributed by atoms with Crippen LogP contribution in [-0.4, -0.2) is 24.3 Å². The first-order valence-electron chi connectivity index (χ1n) is 4.96. The number of likely N-dealkylation sites (N-methyl/N-ethyl adjacent to an activating group) is 1. The molecule has 4 heteroatoms. The summed E-state index contributed by atoms with van der Waals surface area (Å²) in [6.45, 7) is 3.89. The van der Waals surface area contributed by atoms with Crippen LogP contribution < -0.4 is 4.90 Å². The van der Waals surface area contributed by atoms with Gasteiger partial charge in [0.2, 0.25) is 0 Å². The average molecular weight is 283 g/mol. The van der Waals surface area contributed by atoms with Gasteiger partial charge in [-0.05, 0) is 32.0 Å². The quantitative estimate of drug-likeness (QED) is 0.927. The van der Waals surface area contributed by atoms with E-state index in [1.54, 1.807) is 6.07 Å². The van der Waals surface area contributed by atoms with Crippen LogP contribution in [0.5, 0.6) is 0 Å². The van der Waals surface area contributed by atoms with Crippen molar-refractivity contribution in [1.29, 1.82) is 5.26 Å². The van der Waals surface area contributed by atoms with Gasteiger partial charge in [0.1, 0.15) is 6.07 Å². The Kier molecular flexibility index (Phi) is 3.95. The van der Waals surface area contributed by atoms with E-state index in [-0.39, 0.29) is 12.1 Å². The number of rotatable bonds is 3. The third-order valence-corrected chi connectivity index (χ3v) is 3.23. The number of aliphatic hydroxyl groups excluding tert-OH is 1. The van der Waals surface area contributed by atoms with Gasteiger partial charge in [-0.15, -0.1) is 0 Å². The van der Waals surface area contributed by atoms with Crippen LogP contribution in [-0.2, 0) is 0 Å². The second-order valence-electron chi connectivity index (χ2n) is 4.30. The summed E-state index contributed by atoms with van der Waals surface area (Å²) in [5.41, 5.74) is 1.03. The lowest BCUT2D eigenvalue weighted by Gasteiger charge is -2.36. The van der Waals surface area contributed by atoms with Crippen molar-refractivity contribution in [2.45, 2.75) is 19.4 Å². The lowest BCUT2D eigenvalue weighted by molar-refractivity contribution is 0.216. The average Bonchev–Trinajstić information content (AvgIpc) is 2.27. The van der Waals surface area contributed by atoms with Crippen molar-refractivity contribution in [3.05, 3.63) is 28.2 Å². The third kappa shape index (κ3) is 2.55. The zero-order valence-electron chi connectivity index (χ0n) is 9.66. The molecule has 86 valence electrons. The van der Waals surface area contributed by atoms with Gasteiger partial charge in [0.25, 0.3) is 0 Å². The summed E-state index contributed by atoms with van der Waals surface area (Å²) in [5.74, 6) is 0. The normalized spacial score (nSPS) is 11.0. The van der Waals surface area contributed by atoms with Gasteiger partial charge >= 0.3 is 0 Å². The van der Waals surface area contributed by atoms with Crippen LogP contribution in [0.15, 0.2) is 22.7 Å². The maximum Gasteiger partial charge on any atom is 0.101 e.